The number of hydrogen-bond donors (Lipinski definition) is 0. The van der Waals surface area contributed by atoms with Gasteiger partial charge in [-0.2, -0.15) is 0 Å². The van der Waals surface area contributed by atoms with Crippen molar-refractivity contribution >= 4 is 29.4 Å². The van der Waals surface area contributed by atoms with Crippen molar-refractivity contribution in [2.45, 2.75) is 25.8 Å². The highest BCUT2D eigenvalue weighted by atomic mass is 32.1. The van der Waals surface area contributed by atoms with Crippen LogP contribution in [0.1, 0.15) is 41.9 Å². The summed E-state index contributed by atoms with van der Waals surface area (Å²) in [6, 6.07) is 17.2. The Morgan fingerprint density at radius 2 is 1.77 bits per heavy atom. The molecule has 0 saturated carbocycles. The Labute approximate surface area is 232 Å². The quantitative estimate of drug-likeness (QED) is 0.320. The fourth-order valence-corrected chi connectivity index (χ4v) is 6.16. The smallest absolute Gasteiger partial charge is 0.337 e. The standard InChI is InChI=1S/C30H26N2O7S/c1-5-30(20-10-12-21(37-3)13-11-20)25(27(34)35)17(2)31-29-32(30)26(33)24(40-29)16-22-14-15-23(39-22)18-6-8-19(9-7-18)28(36)38-4/h6-16H,5H2,1-4H3,(H,34,35)/p-1. The molecule has 0 N–H and O–H groups in total. The summed E-state index contributed by atoms with van der Waals surface area (Å²) in [7, 11) is 2.86. The van der Waals surface area contributed by atoms with Crippen molar-refractivity contribution in [1.29, 1.82) is 0 Å². The molecule has 1 aliphatic heterocycles. The minimum Gasteiger partial charge on any atom is -0.545 e. The minimum atomic E-state index is -1.39. The summed E-state index contributed by atoms with van der Waals surface area (Å²) >= 11 is 1.15. The monoisotopic (exact) mass is 557 g/mol. The first-order valence-corrected chi connectivity index (χ1v) is 13.2. The third-order valence-electron chi connectivity index (χ3n) is 7.00. The Hall–Kier alpha value is -4.70. The summed E-state index contributed by atoms with van der Waals surface area (Å²) in [5.41, 5.74) is 0.257. The molecule has 3 heterocycles. The second-order valence-electron chi connectivity index (χ2n) is 9.11. The summed E-state index contributed by atoms with van der Waals surface area (Å²) in [5, 5.41) is 12.5. The van der Waals surface area contributed by atoms with Gasteiger partial charge in [0, 0.05) is 22.9 Å². The van der Waals surface area contributed by atoms with Crippen LogP contribution in [0.2, 0.25) is 0 Å². The molecule has 10 heteroatoms. The van der Waals surface area contributed by atoms with Gasteiger partial charge >= 0.3 is 5.97 Å². The lowest BCUT2D eigenvalue weighted by Crippen LogP contribution is -2.54. The molecule has 1 unspecified atom stereocenters. The van der Waals surface area contributed by atoms with Gasteiger partial charge < -0.3 is 23.8 Å². The number of allylic oxidation sites excluding steroid dienone is 1. The van der Waals surface area contributed by atoms with Crippen molar-refractivity contribution in [1.82, 2.24) is 4.57 Å². The number of ether oxygens (including phenoxy) is 2. The topological polar surface area (TPSA) is 123 Å². The predicted molar refractivity (Wildman–Crippen MR) is 146 cm³/mol. The molecule has 0 radical (unpaired) electrons. The largest absolute Gasteiger partial charge is 0.545 e. The second kappa shape index (κ2) is 10.5. The van der Waals surface area contributed by atoms with Crippen LogP contribution in [0.3, 0.4) is 0 Å². The van der Waals surface area contributed by atoms with Crippen molar-refractivity contribution in [2.75, 3.05) is 14.2 Å². The summed E-state index contributed by atoms with van der Waals surface area (Å²) < 4.78 is 17.8. The van der Waals surface area contributed by atoms with Crippen LogP contribution < -0.4 is 24.7 Å². The molecule has 4 aromatic rings. The van der Waals surface area contributed by atoms with Crippen LogP contribution in [0.15, 0.2) is 86.1 Å². The zero-order valence-corrected chi connectivity index (χ0v) is 23.0. The Morgan fingerprint density at radius 1 is 1.07 bits per heavy atom. The number of aromatic nitrogens is 1. The lowest BCUT2D eigenvalue weighted by atomic mass is 9.78. The number of esters is 1. The number of thiazole rings is 1. The van der Waals surface area contributed by atoms with Crippen molar-refractivity contribution in [3.05, 3.63) is 109 Å². The lowest BCUT2D eigenvalue weighted by Gasteiger charge is -2.39. The first-order chi connectivity index (χ1) is 19.2. The van der Waals surface area contributed by atoms with Crippen LogP contribution in [0.5, 0.6) is 5.75 Å². The van der Waals surface area contributed by atoms with Crippen LogP contribution >= 0.6 is 11.3 Å². The molecular weight excluding hydrogens is 532 g/mol. The summed E-state index contributed by atoms with van der Waals surface area (Å²) in [6.07, 6.45) is 1.88. The van der Waals surface area contributed by atoms with Crippen molar-refractivity contribution < 1.29 is 28.6 Å². The third kappa shape index (κ3) is 4.36. The number of carboxylic acids is 1. The molecule has 5 rings (SSSR count). The van der Waals surface area contributed by atoms with E-state index in [-0.39, 0.29) is 17.7 Å². The third-order valence-corrected chi connectivity index (χ3v) is 7.97. The average molecular weight is 558 g/mol. The van der Waals surface area contributed by atoms with Crippen LogP contribution in [-0.2, 0) is 15.1 Å². The number of rotatable bonds is 7. The number of aliphatic carboxylic acids is 1. The van der Waals surface area contributed by atoms with E-state index in [1.807, 2.05) is 6.92 Å². The number of furan rings is 1. The summed E-state index contributed by atoms with van der Waals surface area (Å²) in [5.74, 6) is -0.239. The van der Waals surface area contributed by atoms with Crippen molar-refractivity contribution in [3.8, 4) is 17.1 Å². The van der Waals surface area contributed by atoms with E-state index in [9.17, 15) is 19.5 Å². The number of carbonyl (C=O) groups excluding carboxylic acids is 2. The van der Waals surface area contributed by atoms with E-state index in [2.05, 4.69) is 4.99 Å². The van der Waals surface area contributed by atoms with Gasteiger partial charge in [-0.15, -0.1) is 0 Å². The minimum absolute atomic E-state index is 0.0604. The molecule has 0 saturated heterocycles. The molecule has 0 spiro atoms. The van der Waals surface area contributed by atoms with Gasteiger partial charge in [0.15, 0.2) is 4.80 Å². The second-order valence-corrected chi connectivity index (χ2v) is 10.1. The molecule has 0 fully saturated rings. The number of nitrogens with zero attached hydrogens (tertiary/aromatic N) is 2. The zero-order chi connectivity index (χ0) is 28.6. The number of carboxylic acid groups (broad SMARTS) is 1. The molecule has 1 aliphatic rings. The molecular formula is C30H25N2O7S-. The normalized spacial score (nSPS) is 16.9. The van der Waals surface area contributed by atoms with Gasteiger partial charge in [-0.25, -0.2) is 9.79 Å². The van der Waals surface area contributed by atoms with E-state index < -0.39 is 23.0 Å². The van der Waals surface area contributed by atoms with E-state index in [0.29, 0.717) is 37.7 Å². The Balaban J connectivity index is 1.63. The highest BCUT2D eigenvalue weighted by Crippen LogP contribution is 2.39. The van der Waals surface area contributed by atoms with Gasteiger partial charge in [0.1, 0.15) is 22.8 Å². The van der Waals surface area contributed by atoms with Crippen LogP contribution in [0.25, 0.3) is 17.4 Å². The maximum absolute atomic E-state index is 13.9. The molecule has 1 atom stereocenters. The Kier molecular flexibility index (Phi) is 7.03. The van der Waals surface area contributed by atoms with E-state index in [1.54, 1.807) is 80.8 Å². The van der Waals surface area contributed by atoms with Gasteiger partial charge in [-0.3, -0.25) is 9.36 Å². The number of methoxy groups -OCH3 is 2. The molecule has 0 amide bonds. The molecule has 9 nitrogen and oxygen atoms in total. The fraction of sp³-hybridized carbons (Fsp3) is 0.200. The summed E-state index contributed by atoms with van der Waals surface area (Å²) in [4.78, 5) is 42.9. The molecule has 2 aromatic carbocycles. The molecule has 0 bridgehead atoms. The van der Waals surface area contributed by atoms with Crippen LogP contribution in [0, 0.1) is 0 Å². The average Bonchev–Trinajstić information content (AvgIpc) is 3.56. The Bertz CT molecular complexity index is 1830. The van der Waals surface area contributed by atoms with Crippen LogP contribution in [-0.4, -0.2) is 30.7 Å². The van der Waals surface area contributed by atoms with E-state index in [0.717, 1.165) is 16.9 Å². The van der Waals surface area contributed by atoms with Crippen molar-refractivity contribution in [2.24, 2.45) is 4.99 Å². The maximum Gasteiger partial charge on any atom is 0.337 e. The molecule has 2 aromatic heterocycles. The van der Waals surface area contributed by atoms with E-state index in [1.165, 1.54) is 11.7 Å². The van der Waals surface area contributed by atoms with Gasteiger partial charge in [-0.1, -0.05) is 42.5 Å². The highest BCUT2D eigenvalue weighted by Gasteiger charge is 2.43. The van der Waals surface area contributed by atoms with Gasteiger partial charge in [0.05, 0.1) is 30.3 Å². The lowest BCUT2D eigenvalue weighted by molar-refractivity contribution is -0.300. The van der Waals surface area contributed by atoms with Gasteiger partial charge in [-0.05, 0) is 55.3 Å². The predicted octanol–water partition coefficient (Wildman–Crippen LogP) is 2.60. The molecule has 204 valence electrons. The fourth-order valence-electron chi connectivity index (χ4n) is 5.09. The van der Waals surface area contributed by atoms with E-state index in [4.69, 9.17) is 13.9 Å². The number of hydrogen-bond acceptors (Lipinski definition) is 9. The Morgan fingerprint density at radius 3 is 2.38 bits per heavy atom. The number of carbonyl (C=O) groups is 2. The maximum atomic E-state index is 13.9. The first kappa shape index (κ1) is 26.9. The molecule has 40 heavy (non-hydrogen) atoms. The van der Waals surface area contributed by atoms with E-state index >= 15 is 0 Å². The molecule has 0 aliphatic carbocycles. The SMILES string of the molecule is CCC1(c2ccc(OC)cc2)C(C(=O)[O-])=C(C)N=c2sc(=Cc3ccc(-c4ccc(C(=O)OC)cc4)o3)c(=O)n21. The number of fused-ring (bicyclic) bond motifs is 1. The zero-order valence-electron chi connectivity index (χ0n) is 22.2. The van der Waals surface area contributed by atoms with Gasteiger partial charge in [0.25, 0.3) is 5.56 Å². The van der Waals surface area contributed by atoms with Crippen LogP contribution in [0.4, 0.5) is 0 Å². The van der Waals surface area contributed by atoms with Gasteiger partial charge in [0.2, 0.25) is 0 Å². The van der Waals surface area contributed by atoms with Crippen molar-refractivity contribution in [3.63, 3.8) is 0 Å². The summed E-state index contributed by atoms with van der Waals surface area (Å²) in [6.45, 7) is 3.44. The number of benzene rings is 2. The first-order valence-electron chi connectivity index (χ1n) is 12.4. The highest BCUT2D eigenvalue weighted by molar-refractivity contribution is 7.07.